The first-order valence-corrected chi connectivity index (χ1v) is 12.9. The lowest BCUT2D eigenvalue weighted by Crippen LogP contribution is -2.51. The van der Waals surface area contributed by atoms with Gasteiger partial charge in [0.25, 0.3) is 0 Å². The minimum absolute atomic E-state index is 0.0483. The molecular formula is C25H30Cl2N2O2S. The molecule has 172 valence electrons. The van der Waals surface area contributed by atoms with E-state index in [-0.39, 0.29) is 24.4 Å². The van der Waals surface area contributed by atoms with Crippen LogP contribution in [0.4, 0.5) is 0 Å². The summed E-state index contributed by atoms with van der Waals surface area (Å²) in [5.41, 5.74) is 0.784. The monoisotopic (exact) mass is 492 g/mol. The highest BCUT2D eigenvalue weighted by Crippen LogP contribution is 2.25. The third-order valence-corrected chi connectivity index (χ3v) is 7.37. The van der Waals surface area contributed by atoms with E-state index in [2.05, 4.69) is 5.32 Å². The van der Waals surface area contributed by atoms with E-state index < -0.39 is 6.04 Å². The van der Waals surface area contributed by atoms with Crippen LogP contribution in [0.3, 0.4) is 0 Å². The van der Waals surface area contributed by atoms with Gasteiger partial charge in [0.15, 0.2) is 0 Å². The van der Waals surface area contributed by atoms with Crippen molar-refractivity contribution < 1.29 is 9.59 Å². The summed E-state index contributed by atoms with van der Waals surface area (Å²) < 4.78 is 0. The second-order valence-electron chi connectivity index (χ2n) is 8.08. The van der Waals surface area contributed by atoms with Gasteiger partial charge in [-0.2, -0.15) is 0 Å². The molecule has 1 aliphatic rings. The topological polar surface area (TPSA) is 49.4 Å². The molecule has 0 spiro atoms. The van der Waals surface area contributed by atoms with Gasteiger partial charge in [-0.3, -0.25) is 9.59 Å². The van der Waals surface area contributed by atoms with Gasteiger partial charge in [0, 0.05) is 39.7 Å². The lowest BCUT2D eigenvalue weighted by atomic mass is 10.1. The molecule has 3 rings (SSSR count). The second-order valence-corrected chi connectivity index (χ2v) is 10.1. The molecule has 0 heterocycles. The molecule has 0 saturated heterocycles. The standard InChI is InChI=1S/C25H30Cl2N2O2S/c1-2-23(25(31)28-20-8-6-7-9-20)29(17-18-12-13-19(26)16-22(18)27)24(30)14-15-32-21-10-4-3-5-11-21/h3-5,10-13,16,20,23H,2,6-9,14-15,17H2,1H3,(H,28,31)/t23-/m0/s1. The summed E-state index contributed by atoms with van der Waals surface area (Å²) in [5, 5.41) is 4.21. The predicted octanol–water partition coefficient (Wildman–Crippen LogP) is 6.34. The molecule has 2 aromatic rings. The summed E-state index contributed by atoms with van der Waals surface area (Å²) >= 11 is 14.1. The molecule has 0 bridgehead atoms. The Kier molecular flexibility index (Phi) is 9.76. The third kappa shape index (κ3) is 7.16. The normalized spacial score (nSPS) is 14.8. The first-order chi connectivity index (χ1) is 15.5. The van der Waals surface area contributed by atoms with E-state index in [9.17, 15) is 9.59 Å². The summed E-state index contributed by atoms with van der Waals surface area (Å²) in [7, 11) is 0. The Bertz CT molecular complexity index is 904. The van der Waals surface area contributed by atoms with Gasteiger partial charge in [-0.15, -0.1) is 11.8 Å². The van der Waals surface area contributed by atoms with Gasteiger partial charge < -0.3 is 10.2 Å². The van der Waals surface area contributed by atoms with Gasteiger partial charge >= 0.3 is 0 Å². The van der Waals surface area contributed by atoms with Crippen molar-refractivity contribution in [3.8, 4) is 0 Å². The second kappa shape index (κ2) is 12.5. The molecule has 0 unspecified atom stereocenters. The van der Waals surface area contributed by atoms with Crippen LogP contribution in [0.1, 0.15) is 51.0 Å². The number of rotatable bonds is 10. The highest BCUT2D eigenvalue weighted by Gasteiger charge is 2.30. The van der Waals surface area contributed by atoms with Crippen LogP contribution in [0.5, 0.6) is 0 Å². The summed E-state index contributed by atoms with van der Waals surface area (Å²) in [5.74, 6) is 0.524. The van der Waals surface area contributed by atoms with E-state index in [0.717, 1.165) is 36.1 Å². The van der Waals surface area contributed by atoms with Gasteiger partial charge in [-0.25, -0.2) is 0 Å². The average molecular weight is 494 g/mol. The van der Waals surface area contributed by atoms with Gasteiger partial charge in [0.05, 0.1) is 0 Å². The molecule has 0 aliphatic heterocycles. The smallest absolute Gasteiger partial charge is 0.243 e. The van der Waals surface area contributed by atoms with E-state index in [4.69, 9.17) is 23.2 Å². The van der Waals surface area contributed by atoms with Gasteiger partial charge in [0.1, 0.15) is 6.04 Å². The van der Waals surface area contributed by atoms with Crippen molar-refractivity contribution >= 4 is 46.8 Å². The van der Waals surface area contributed by atoms with E-state index in [1.165, 1.54) is 0 Å². The van der Waals surface area contributed by atoms with Crippen molar-refractivity contribution in [1.29, 1.82) is 0 Å². The number of nitrogens with one attached hydrogen (secondary N) is 1. The lowest BCUT2D eigenvalue weighted by molar-refractivity contribution is -0.141. The average Bonchev–Trinajstić information content (AvgIpc) is 3.28. The SMILES string of the molecule is CC[C@@H](C(=O)NC1CCCC1)N(Cc1ccc(Cl)cc1Cl)C(=O)CCSc1ccccc1. The summed E-state index contributed by atoms with van der Waals surface area (Å²) in [6.45, 7) is 2.22. The van der Waals surface area contributed by atoms with Crippen molar-refractivity contribution in [2.45, 2.75) is 69.0 Å². The van der Waals surface area contributed by atoms with Crippen molar-refractivity contribution in [1.82, 2.24) is 10.2 Å². The van der Waals surface area contributed by atoms with Gasteiger partial charge in [-0.05, 0) is 49.1 Å². The summed E-state index contributed by atoms with van der Waals surface area (Å²) in [6.07, 6.45) is 5.18. The molecule has 1 atom stereocenters. The number of thioether (sulfide) groups is 1. The van der Waals surface area contributed by atoms with E-state index in [0.29, 0.717) is 28.6 Å². The van der Waals surface area contributed by atoms with Crippen LogP contribution in [-0.2, 0) is 16.1 Å². The quantitative estimate of drug-likeness (QED) is 0.393. The van der Waals surface area contributed by atoms with E-state index >= 15 is 0 Å². The fraction of sp³-hybridized carbons (Fsp3) is 0.440. The Hall–Kier alpha value is -1.69. The van der Waals surface area contributed by atoms with Gasteiger partial charge in [-0.1, -0.05) is 67.2 Å². The van der Waals surface area contributed by atoms with Crippen LogP contribution in [0.2, 0.25) is 10.0 Å². The number of nitrogens with zero attached hydrogens (tertiary/aromatic N) is 1. The molecule has 1 N–H and O–H groups in total. The van der Waals surface area contributed by atoms with Crippen molar-refractivity contribution in [3.05, 3.63) is 64.1 Å². The Morgan fingerprint density at radius 2 is 1.84 bits per heavy atom. The molecule has 32 heavy (non-hydrogen) atoms. The first kappa shape index (κ1) is 24.9. The molecule has 1 fully saturated rings. The van der Waals surface area contributed by atoms with Crippen LogP contribution in [0, 0.1) is 0 Å². The van der Waals surface area contributed by atoms with Crippen LogP contribution >= 0.6 is 35.0 Å². The zero-order chi connectivity index (χ0) is 22.9. The fourth-order valence-corrected chi connectivity index (χ4v) is 5.37. The molecule has 0 aromatic heterocycles. The van der Waals surface area contributed by atoms with E-state index in [1.54, 1.807) is 28.8 Å². The maximum absolute atomic E-state index is 13.3. The molecule has 4 nitrogen and oxygen atoms in total. The molecule has 2 amide bonds. The number of carbonyl (C=O) groups excluding carboxylic acids is 2. The van der Waals surface area contributed by atoms with Crippen LogP contribution in [-0.4, -0.2) is 34.6 Å². The maximum Gasteiger partial charge on any atom is 0.243 e. The zero-order valence-corrected chi connectivity index (χ0v) is 20.7. The number of halogens is 2. The van der Waals surface area contributed by atoms with Crippen LogP contribution in [0.25, 0.3) is 0 Å². The number of hydrogen-bond donors (Lipinski definition) is 1. The number of hydrogen-bond acceptors (Lipinski definition) is 3. The molecule has 1 saturated carbocycles. The third-order valence-electron chi connectivity index (χ3n) is 5.77. The summed E-state index contributed by atoms with van der Waals surface area (Å²) in [4.78, 5) is 29.3. The summed E-state index contributed by atoms with van der Waals surface area (Å²) in [6, 6.07) is 14.9. The lowest BCUT2D eigenvalue weighted by Gasteiger charge is -2.32. The fourth-order valence-electron chi connectivity index (χ4n) is 4.04. The Morgan fingerprint density at radius 1 is 1.12 bits per heavy atom. The number of carbonyl (C=O) groups is 2. The highest BCUT2D eigenvalue weighted by atomic mass is 35.5. The maximum atomic E-state index is 13.3. The van der Waals surface area contributed by atoms with Crippen molar-refractivity contribution in [2.24, 2.45) is 0 Å². The van der Waals surface area contributed by atoms with Crippen molar-refractivity contribution in [2.75, 3.05) is 5.75 Å². The van der Waals surface area contributed by atoms with E-state index in [1.807, 2.05) is 43.3 Å². The van der Waals surface area contributed by atoms with Crippen LogP contribution in [0.15, 0.2) is 53.4 Å². The molecule has 7 heteroatoms. The Morgan fingerprint density at radius 3 is 2.50 bits per heavy atom. The molecule has 1 aliphatic carbocycles. The zero-order valence-electron chi connectivity index (χ0n) is 18.4. The van der Waals surface area contributed by atoms with Gasteiger partial charge in [0.2, 0.25) is 11.8 Å². The highest BCUT2D eigenvalue weighted by molar-refractivity contribution is 7.99. The predicted molar refractivity (Wildman–Crippen MR) is 133 cm³/mol. The molecular weight excluding hydrogens is 463 g/mol. The molecule has 0 radical (unpaired) electrons. The van der Waals surface area contributed by atoms with Crippen molar-refractivity contribution in [3.63, 3.8) is 0 Å². The Labute approximate surface area is 205 Å². The Balaban J connectivity index is 1.73. The minimum atomic E-state index is -0.531. The molecule has 2 aromatic carbocycles. The first-order valence-electron chi connectivity index (χ1n) is 11.2. The number of benzene rings is 2. The number of amides is 2. The largest absolute Gasteiger partial charge is 0.352 e. The van der Waals surface area contributed by atoms with Crippen LogP contribution < -0.4 is 5.32 Å². The minimum Gasteiger partial charge on any atom is -0.352 e.